The predicted molar refractivity (Wildman–Crippen MR) is 150 cm³/mol. The minimum absolute atomic E-state index is 0.115. The molecule has 0 saturated carbocycles. The third kappa shape index (κ3) is 6.32. The predicted octanol–water partition coefficient (Wildman–Crippen LogP) is 3.98. The highest BCUT2D eigenvalue weighted by Gasteiger charge is 2.42. The van der Waals surface area contributed by atoms with Gasteiger partial charge in [0.25, 0.3) is 0 Å². The van der Waals surface area contributed by atoms with Crippen LogP contribution in [0, 0.1) is 5.92 Å². The molecule has 3 saturated heterocycles. The van der Waals surface area contributed by atoms with E-state index in [9.17, 15) is 13.2 Å². The van der Waals surface area contributed by atoms with E-state index >= 15 is 0 Å². The van der Waals surface area contributed by atoms with Gasteiger partial charge in [0.05, 0.1) is 18.1 Å². The molecule has 39 heavy (non-hydrogen) atoms. The molecule has 4 atom stereocenters. The Morgan fingerprint density at radius 1 is 1.05 bits per heavy atom. The number of likely N-dealkylation sites (tertiary alicyclic amines) is 2. The van der Waals surface area contributed by atoms with E-state index in [4.69, 9.17) is 9.47 Å². The zero-order valence-electron chi connectivity index (χ0n) is 23.1. The molecule has 3 aliphatic heterocycles. The minimum Gasteiger partial charge on any atom is -0.444 e. The van der Waals surface area contributed by atoms with Gasteiger partial charge >= 0.3 is 6.09 Å². The van der Waals surface area contributed by atoms with Crippen LogP contribution in [0.3, 0.4) is 0 Å². The van der Waals surface area contributed by atoms with E-state index in [1.54, 1.807) is 31.3 Å². The Kier molecular flexibility index (Phi) is 8.61. The lowest BCUT2D eigenvalue weighted by atomic mass is 9.79. The van der Waals surface area contributed by atoms with Crippen molar-refractivity contribution >= 4 is 16.1 Å². The van der Waals surface area contributed by atoms with Gasteiger partial charge in [-0.15, -0.1) is 0 Å². The molecule has 8 nitrogen and oxygen atoms in total. The van der Waals surface area contributed by atoms with Gasteiger partial charge in [-0.3, -0.25) is 0 Å². The number of piperidine rings is 1. The lowest BCUT2D eigenvalue weighted by Gasteiger charge is -2.40. The lowest BCUT2D eigenvalue weighted by molar-refractivity contribution is 0.0393. The fourth-order valence-electron chi connectivity index (χ4n) is 6.41. The molecule has 3 heterocycles. The molecule has 5 rings (SSSR count). The first-order valence-corrected chi connectivity index (χ1v) is 15.5. The number of amides is 1. The molecular weight excluding hydrogens is 514 g/mol. The molecule has 3 aliphatic rings. The van der Waals surface area contributed by atoms with Crippen LogP contribution >= 0.6 is 0 Å². The third-order valence-electron chi connectivity index (χ3n) is 8.78. The minimum atomic E-state index is -3.60. The molecule has 0 bridgehead atoms. The summed E-state index contributed by atoms with van der Waals surface area (Å²) < 4.78 is 39.2. The maximum Gasteiger partial charge on any atom is 0.410 e. The van der Waals surface area contributed by atoms with Crippen LogP contribution in [0.2, 0.25) is 0 Å². The Morgan fingerprint density at radius 2 is 1.77 bits per heavy atom. The number of fused-ring (bicyclic) bond motifs is 1. The highest BCUT2D eigenvalue weighted by molar-refractivity contribution is 7.89. The van der Waals surface area contributed by atoms with Crippen molar-refractivity contribution in [2.75, 3.05) is 53.0 Å². The third-order valence-corrected chi connectivity index (χ3v) is 10.6. The summed E-state index contributed by atoms with van der Waals surface area (Å²) in [5.74, 6) is 0.440. The molecule has 0 spiro atoms. The normalized spacial score (nSPS) is 25.4. The molecule has 0 N–H and O–H groups in total. The number of nitrogens with zero attached hydrogens (tertiary/aromatic N) is 3. The SMILES string of the molecule is CN(CC(C)(CCN1CCC2C(CCN2C(=O)OC2CCOC2)C1)c1ccccc1)S(=O)(=O)c1ccccc1. The molecule has 2 aromatic rings. The summed E-state index contributed by atoms with van der Waals surface area (Å²) in [5.41, 5.74) is 0.782. The zero-order chi connectivity index (χ0) is 27.5. The van der Waals surface area contributed by atoms with Gasteiger partial charge in [0.15, 0.2) is 0 Å². The summed E-state index contributed by atoms with van der Waals surface area (Å²) in [6, 6.07) is 19.1. The lowest BCUT2D eigenvalue weighted by Crippen LogP contribution is -2.49. The largest absolute Gasteiger partial charge is 0.444 e. The van der Waals surface area contributed by atoms with Crippen molar-refractivity contribution in [1.29, 1.82) is 0 Å². The maximum atomic E-state index is 13.3. The number of carbonyl (C=O) groups is 1. The fraction of sp³-hybridized carbons (Fsp3) is 0.567. The van der Waals surface area contributed by atoms with Gasteiger partial charge in [0, 0.05) is 51.1 Å². The van der Waals surface area contributed by atoms with Crippen LogP contribution in [-0.4, -0.2) is 93.7 Å². The topological polar surface area (TPSA) is 79.4 Å². The number of hydrogen-bond acceptors (Lipinski definition) is 6. The van der Waals surface area contributed by atoms with Crippen molar-refractivity contribution in [2.45, 2.75) is 55.1 Å². The van der Waals surface area contributed by atoms with Crippen molar-refractivity contribution in [3.63, 3.8) is 0 Å². The second kappa shape index (κ2) is 12.0. The van der Waals surface area contributed by atoms with E-state index in [1.165, 1.54) is 4.31 Å². The summed E-state index contributed by atoms with van der Waals surface area (Å²) in [5, 5.41) is 0. The summed E-state index contributed by atoms with van der Waals surface area (Å²) in [7, 11) is -1.92. The van der Waals surface area contributed by atoms with Crippen LogP contribution in [-0.2, 0) is 24.9 Å². The van der Waals surface area contributed by atoms with Crippen molar-refractivity contribution in [3.8, 4) is 0 Å². The second-order valence-corrected chi connectivity index (χ2v) is 13.6. The molecule has 4 unspecified atom stereocenters. The second-order valence-electron chi connectivity index (χ2n) is 11.5. The van der Waals surface area contributed by atoms with Crippen LogP contribution in [0.15, 0.2) is 65.6 Å². The molecule has 1 amide bonds. The van der Waals surface area contributed by atoms with Crippen molar-refractivity contribution in [2.24, 2.45) is 5.92 Å². The Morgan fingerprint density at radius 3 is 2.46 bits per heavy atom. The van der Waals surface area contributed by atoms with Gasteiger partial charge in [0.2, 0.25) is 10.0 Å². The van der Waals surface area contributed by atoms with Crippen LogP contribution < -0.4 is 0 Å². The molecular formula is C30H41N3O5S. The van der Waals surface area contributed by atoms with Crippen LogP contribution in [0.4, 0.5) is 4.79 Å². The van der Waals surface area contributed by atoms with Gasteiger partial charge < -0.3 is 19.3 Å². The molecule has 3 fully saturated rings. The highest BCUT2D eigenvalue weighted by atomic mass is 32.2. The molecule has 0 aromatic heterocycles. The highest BCUT2D eigenvalue weighted by Crippen LogP contribution is 2.35. The van der Waals surface area contributed by atoms with Crippen LogP contribution in [0.5, 0.6) is 0 Å². The van der Waals surface area contributed by atoms with Crippen LogP contribution in [0.1, 0.15) is 38.2 Å². The summed E-state index contributed by atoms with van der Waals surface area (Å²) >= 11 is 0. The first kappa shape index (κ1) is 28.1. The fourth-order valence-corrected chi connectivity index (χ4v) is 7.73. The van der Waals surface area contributed by atoms with E-state index in [-0.39, 0.29) is 23.7 Å². The van der Waals surface area contributed by atoms with Gasteiger partial charge in [-0.1, -0.05) is 55.5 Å². The molecule has 0 aliphatic carbocycles. The number of rotatable bonds is 9. The average molecular weight is 556 g/mol. The number of sulfonamides is 1. The first-order chi connectivity index (χ1) is 18.8. The van der Waals surface area contributed by atoms with E-state index in [0.29, 0.717) is 30.6 Å². The Labute approximate surface area is 232 Å². The smallest absolute Gasteiger partial charge is 0.410 e. The number of carbonyl (C=O) groups excluding carboxylic acids is 1. The Hall–Kier alpha value is -2.46. The van der Waals surface area contributed by atoms with Crippen molar-refractivity contribution < 1.29 is 22.7 Å². The van der Waals surface area contributed by atoms with Crippen LogP contribution in [0.25, 0.3) is 0 Å². The standard InChI is InChI=1S/C30H41N3O5S/c1-30(25-9-5-3-6-10-25,23-31(2)39(35,36)27-11-7-4-8-12-27)16-19-32-17-14-28-24(21-32)13-18-33(28)29(34)38-26-15-20-37-22-26/h3-12,24,26,28H,13-23H2,1-2H3. The number of hydrogen-bond donors (Lipinski definition) is 0. The zero-order valence-corrected chi connectivity index (χ0v) is 23.9. The van der Waals surface area contributed by atoms with E-state index in [0.717, 1.165) is 57.4 Å². The quantitative estimate of drug-likeness (QED) is 0.466. The monoisotopic (exact) mass is 555 g/mol. The van der Waals surface area contributed by atoms with Gasteiger partial charge in [-0.2, -0.15) is 0 Å². The summed E-state index contributed by atoms with van der Waals surface area (Å²) in [6.07, 6.45) is 3.23. The van der Waals surface area contributed by atoms with Gasteiger partial charge in [0.1, 0.15) is 6.10 Å². The average Bonchev–Trinajstić information content (AvgIpc) is 3.62. The van der Waals surface area contributed by atoms with Gasteiger partial charge in [-0.25, -0.2) is 17.5 Å². The van der Waals surface area contributed by atoms with E-state index in [1.807, 2.05) is 29.2 Å². The van der Waals surface area contributed by atoms with Crippen molar-refractivity contribution in [3.05, 3.63) is 66.2 Å². The molecule has 212 valence electrons. The summed E-state index contributed by atoms with van der Waals surface area (Å²) in [4.78, 5) is 17.6. The number of ether oxygens (including phenoxy) is 2. The number of likely N-dealkylation sites (N-methyl/N-ethyl adjacent to an activating group) is 1. The Balaban J connectivity index is 1.22. The molecule has 9 heteroatoms. The summed E-state index contributed by atoms with van der Waals surface area (Å²) in [6.45, 7) is 7.21. The molecule has 0 radical (unpaired) electrons. The van der Waals surface area contributed by atoms with E-state index in [2.05, 4.69) is 24.0 Å². The van der Waals surface area contributed by atoms with Gasteiger partial charge in [-0.05, 0) is 49.4 Å². The maximum absolute atomic E-state index is 13.3. The Bertz CT molecular complexity index is 1210. The van der Waals surface area contributed by atoms with E-state index < -0.39 is 10.0 Å². The number of benzene rings is 2. The first-order valence-electron chi connectivity index (χ1n) is 14.1. The molecule has 2 aromatic carbocycles. The van der Waals surface area contributed by atoms with Crippen molar-refractivity contribution in [1.82, 2.24) is 14.1 Å².